The van der Waals surface area contributed by atoms with Crippen LogP contribution in [0, 0.1) is 0 Å². The van der Waals surface area contributed by atoms with Gasteiger partial charge in [0.05, 0.1) is 6.20 Å². The van der Waals surface area contributed by atoms with Crippen LogP contribution < -0.4 is 0 Å². The summed E-state index contributed by atoms with van der Waals surface area (Å²) < 4.78 is 5.88. The molecule has 1 atom stereocenters. The Bertz CT molecular complexity index is 567. The first-order chi connectivity index (χ1) is 9.22. The van der Waals surface area contributed by atoms with Gasteiger partial charge in [0.2, 0.25) is 0 Å². The predicted octanol–water partition coefficient (Wildman–Crippen LogP) is 3.34. The zero-order chi connectivity index (χ0) is 13.2. The fraction of sp³-hybridized carbons (Fsp3) is 0.400. The maximum Gasteiger partial charge on any atom is 0.198 e. The molecule has 0 radical (unpaired) electrons. The van der Waals surface area contributed by atoms with Crippen molar-refractivity contribution in [3.63, 3.8) is 0 Å². The summed E-state index contributed by atoms with van der Waals surface area (Å²) in [6.45, 7) is 2.15. The van der Waals surface area contributed by atoms with Crippen molar-refractivity contribution in [3.8, 4) is 0 Å². The van der Waals surface area contributed by atoms with Crippen molar-refractivity contribution in [1.82, 2.24) is 9.88 Å². The molecule has 1 saturated heterocycles. The van der Waals surface area contributed by atoms with Gasteiger partial charge in [0.25, 0.3) is 0 Å². The van der Waals surface area contributed by atoms with Gasteiger partial charge in [-0.2, -0.15) is 0 Å². The van der Waals surface area contributed by atoms with Crippen LogP contribution in [0.4, 0.5) is 0 Å². The highest BCUT2D eigenvalue weighted by Crippen LogP contribution is 2.27. The van der Waals surface area contributed by atoms with Crippen LogP contribution in [0.15, 0.2) is 34.9 Å². The normalized spacial score (nSPS) is 20.0. The van der Waals surface area contributed by atoms with Crippen molar-refractivity contribution < 1.29 is 4.42 Å². The molecule has 4 heteroatoms. The molecular weight excluding hydrogens is 260 g/mol. The van der Waals surface area contributed by atoms with Crippen molar-refractivity contribution in [3.05, 3.63) is 52.7 Å². The number of likely N-dealkylation sites (tertiary alicyclic amines) is 1. The Labute approximate surface area is 118 Å². The molecule has 2 heterocycles. The summed E-state index contributed by atoms with van der Waals surface area (Å²) in [6, 6.07) is 7.85. The topological polar surface area (TPSA) is 29.3 Å². The molecule has 0 spiro atoms. The molecule has 0 amide bonds. The molecule has 19 heavy (non-hydrogen) atoms. The maximum absolute atomic E-state index is 6.16. The Morgan fingerprint density at radius 2 is 2.26 bits per heavy atom. The smallest absolute Gasteiger partial charge is 0.198 e. The largest absolute Gasteiger partial charge is 0.445 e. The molecule has 1 fully saturated rings. The molecule has 0 bridgehead atoms. The fourth-order valence-electron chi connectivity index (χ4n) is 2.56. The molecule has 100 valence electrons. The second-order valence-electron chi connectivity index (χ2n) is 5.18. The molecule has 3 nitrogen and oxygen atoms in total. The van der Waals surface area contributed by atoms with E-state index in [2.05, 4.69) is 16.9 Å². The molecule has 3 rings (SSSR count). The summed E-state index contributed by atoms with van der Waals surface area (Å²) in [7, 11) is 2.13. The van der Waals surface area contributed by atoms with Crippen molar-refractivity contribution in [2.45, 2.75) is 18.8 Å². The van der Waals surface area contributed by atoms with Crippen LogP contribution in [0.1, 0.15) is 29.6 Å². The number of likely N-dealkylation sites (N-methyl/N-ethyl adjacent to an activating group) is 1. The minimum absolute atomic E-state index is 0.435. The van der Waals surface area contributed by atoms with Gasteiger partial charge in [0.15, 0.2) is 5.89 Å². The van der Waals surface area contributed by atoms with Crippen LogP contribution in [0.25, 0.3) is 0 Å². The monoisotopic (exact) mass is 276 g/mol. The third kappa shape index (κ3) is 2.82. The lowest BCUT2D eigenvalue weighted by Crippen LogP contribution is -2.13. The summed E-state index contributed by atoms with van der Waals surface area (Å²) >= 11 is 6.16. The van der Waals surface area contributed by atoms with Gasteiger partial charge in [-0.1, -0.05) is 29.8 Å². The van der Waals surface area contributed by atoms with Crippen LogP contribution in [0.5, 0.6) is 0 Å². The van der Waals surface area contributed by atoms with Gasteiger partial charge in [-0.25, -0.2) is 4.98 Å². The fourth-order valence-corrected chi connectivity index (χ4v) is 2.76. The van der Waals surface area contributed by atoms with E-state index in [0.29, 0.717) is 12.3 Å². The lowest BCUT2D eigenvalue weighted by Gasteiger charge is -2.06. The second-order valence-corrected chi connectivity index (χ2v) is 5.59. The molecule has 1 aliphatic rings. The number of hydrogen-bond acceptors (Lipinski definition) is 3. The first-order valence-corrected chi connectivity index (χ1v) is 6.96. The molecule has 2 aromatic rings. The summed E-state index contributed by atoms with van der Waals surface area (Å²) in [5, 5.41) is 0.779. The molecule has 0 aliphatic carbocycles. The van der Waals surface area contributed by atoms with E-state index < -0.39 is 0 Å². The van der Waals surface area contributed by atoms with E-state index in [-0.39, 0.29) is 0 Å². The Morgan fingerprint density at radius 1 is 1.42 bits per heavy atom. The highest BCUT2D eigenvalue weighted by molar-refractivity contribution is 6.31. The maximum atomic E-state index is 6.16. The third-order valence-electron chi connectivity index (χ3n) is 3.63. The van der Waals surface area contributed by atoms with Crippen LogP contribution >= 0.6 is 11.6 Å². The molecule has 1 aliphatic heterocycles. The highest BCUT2D eigenvalue weighted by atomic mass is 35.5. The van der Waals surface area contributed by atoms with Crippen molar-refractivity contribution in [1.29, 1.82) is 0 Å². The lowest BCUT2D eigenvalue weighted by molar-refractivity contribution is 0.385. The number of benzene rings is 1. The van der Waals surface area contributed by atoms with Crippen molar-refractivity contribution in [2.75, 3.05) is 20.1 Å². The van der Waals surface area contributed by atoms with Gasteiger partial charge in [0, 0.05) is 23.9 Å². The quantitative estimate of drug-likeness (QED) is 0.861. The van der Waals surface area contributed by atoms with Gasteiger partial charge < -0.3 is 9.32 Å². The first-order valence-electron chi connectivity index (χ1n) is 6.59. The summed E-state index contributed by atoms with van der Waals surface area (Å²) in [5.41, 5.74) is 1.08. The van der Waals surface area contributed by atoms with E-state index in [4.69, 9.17) is 16.0 Å². The average Bonchev–Trinajstić information content (AvgIpc) is 3.01. The van der Waals surface area contributed by atoms with E-state index >= 15 is 0 Å². The predicted molar refractivity (Wildman–Crippen MR) is 75.6 cm³/mol. The lowest BCUT2D eigenvalue weighted by atomic mass is 10.1. The second kappa shape index (κ2) is 5.35. The Balaban J connectivity index is 1.73. The van der Waals surface area contributed by atoms with Crippen LogP contribution in [-0.2, 0) is 6.42 Å². The van der Waals surface area contributed by atoms with Gasteiger partial charge in [-0.15, -0.1) is 0 Å². The van der Waals surface area contributed by atoms with Gasteiger partial charge >= 0.3 is 0 Å². The number of aromatic nitrogens is 1. The van der Waals surface area contributed by atoms with Crippen LogP contribution in [0.3, 0.4) is 0 Å². The molecule has 1 aromatic heterocycles. The molecule has 1 aromatic carbocycles. The zero-order valence-electron chi connectivity index (χ0n) is 11.0. The number of nitrogens with zero attached hydrogens (tertiary/aromatic N) is 2. The van der Waals surface area contributed by atoms with Gasteiger partial charge in [-0.3, -0.25) is 0 Å². The Morgan fingerprint density at radius 3 is 3.00 bits per heavy atom. The van der Waals surface area contributed by atoms with Gasteiger partial charge in [-0.05, 0) is 31.6 Å². The Kier molecular flexibility index (Phi) is 3.58. The molecule has 0 saturated carbocycles. The van der Waals surface area contributed by atoms with Crippen molar-refractivity contribution >= 4 is 11.6 Å². The minimum Gasteiger partial charge on any atom is -0.445 e. The number of halogens is 1. The number of rotatable bonds is 3. The van der Waals surface area contributed by atoms with E-state index in [9.17, 15) is 0 Å². The van der Waals surface area contributed by atoms with E-state index in [0.717, 1.165) is 41.7 Å². The minimum atomic E-state index is 0.435. The van der Waals surface area contributed by atoms with E-state index in [1.54, 1.807) is 0 Å². The molecule has 0 unspecified atom stereocenters. The molecular formula is C15H17ClN2O. The number of oxazole rings is 1. The number of hydrogen-bond donors (Lipinski definition) is 0. The first kappa shape index (κ1) is 12.7. The average molecular weight is 277 g/mol. The standard InChI is InChI=1S/C15H17ClN2O/c1-18-7-6-12(10-18)15-17-9-13(19-15)8-11-4-2-3-5-14(11)16/h2-5,9,12H,6-8,10H2,1H3/t12-/m1/s1. The SMILES string of the molecule is CN1CC[C@@H](c2ncc(Cc3ccccc3Cl)o2)C1. The third-order valence-corrected chi connectivity index (χ3v) is 4.00. The van der Waals surface area contributed by atoms with Crippen LogP contribution in [-0.4, -0.2) is 30.0 Å². The van der Waals surface area contributed by atoms with Crippen LogP contribution in [0.2, 0.25) is 5.02 Å². The van der Waals surface area contributed by atoms with Crippen molar-refractivity contribution in [2.24, 2.45) is 0 Å². The Hall–Kier alpha value is -1.32. The summed E-state index contributed by atoms with van der Waals surface area (Å²) in [6.07, 6.45) is 3.66. The highest BCUT2D eigenvalue weighted by Gasteiger charge is 2.25. The van der Waals surface area contributed by atoms with E-state index in [1.807, 2.05) is 30.5 Å². The van der Waals surface area contributed by atoms with Gasteiger partial charge in [0.1, 0.15) is 5.76 Å². The zero-order valence-corrected chi connectivity index (χ0v) is 11.7. The van der Waals surface area contributed by atoms with E-state index in [1.165, 1.54) is 0 Å². The summed E-state index contributed by atoms with van der Waals surface area (Å²) in [5.74, 6) is 2.19. The molecule has 0 N–H and O–H groups in total. The summed E-state index contributed by atoms with van der Waals surface area (Å²) in [4.78, 5) is 6.73.